The zero-order chi connectivity index (χ0) is 16.3. The maximum Gasteiger partial charge on any atom is 0.239 e. The van der Waals surface area contributed by atoms with Crippen LogP contribution in [0.25, 0.3) is 0 Å². The highest BCUT2D eigenvalue weighted by molar-refractivity contribution is 5.83. The number of likely N-dealkylation sites (N-methyl/N-ethyl adjacent to an activating group) is 1. The Hall–Kier alpha value is -1.69. The standard InChI is InChI=1S/C13H24N2O3.CH2O.2CH4/c1-9(2)10(3)12(8-16)6-14-13(18)7-15(5)11(4)17;1-2;;/h9,12,16H,3,6-8H2,1-2,4-5H3,(H,14,18);1H2;2*1H4. The van der Waals surface area contributed by atoms with Crippen LogP contribution < -0.4 is 5.32 Å². The van der Waals surface area contributed by atoms with E-state index in [2.05, 4.69) is 11.9 Å². The van der Waals surface area contributed by atoms with Gasteiger partial charge in [0.25, 0.3) is 0 Å². The highest BCUT2D eigenvalue weighted by Gasteiger charge is 2.16. The van der Waals surface area contributed by atoms with Crippen molar-refractivity contribution >= 4 is 18.6 Å². The first kappa shape index (κ1) is 28.5. The lowest BCUT2D eigenvalue weighted by atomic mass is 9.92. The van der Waals surface area contributed by atoms with Gasteiger partial charge in [-0.15, -0.1) is 0 Å². The molecule has 6 nitrogen and oxygen atoms in total. The minimum atomic E-state index is -0.234. The quantitative estimate of drug-likeness (QED) is 0.696. The van der Waals surface area contributed by atoms with Crippen LogP contribution in [-0.4, -0.2) is 55.4 Å². The SMILES string of the molecule is C.C.C=C(C(C)C)C(CO)CNC(=O)CN(C)C(C)=O.C=O. The topological polar surface area (TPSA) is 86.7 Å². The van der Waals surface area contributed by atoms with Crippen LogP contribution in [0.2, 0.25) is 0 Å². The average Bonchev–Trinajstić information content (AvgIpc) is 2.41. The van der Waals surface area contributed by atoms with Crippen molar-refractivity contribution in [1.29, 1.82) is 0 Å². The molecule has 0 rings (SSSR count). The number of nitrogens with one attached hydrogen (secondary N) is 1. The van der Waals surface area contributed by atoms with Crippen molar-refractivity contribution in [3.63, 3.8) is 0 Å². The molecule has 0 aliphatic rings. The monoisotopic (exact) mass is 318 g/mol. The molecule has 0 aliphatic carbocycles. The van der Waals surface area contributed by atoms with E-state index in [0.29, 0.717) is 6.54 Å². The predicted octanol–water partition coefficient (Wildman–Crippen LogP) is 1.49. The Bertz CT molecular complexity index is 330. The second kappa shape index (κ2) is 15.7. The highest BCUT2D eigenvalue weighted by Crippen LogP contribution is 2.16. The Kier molecular flexibility index (Phi) is 20.3. The molecular formula is C16H34N2O4. The van der Waals surface area contributed by atoms with E-state index in [1.807, 2.05) is 20.6 Å². The van der Waals surface area contributed by atoms with Crippen LogP contribution in [0.3, 0.4) is 0 Å². The zero-order valence-electron chi connectivity index (χ0n) is 12.8. The van der Waals surface area contributed by atoms with Gasteiger partial charge >= 0.3 is 0 Å². The predicted molar refractivity (Wildman–Crippen MR) is 91.5 cm³/mol. The summed E-state index contributed by atoms with van der Waals surface area (Å²) in [5, 5.41) is 12.0. The molecule has 0 aromatic heterocycles. The summed E-state index contributed by atoms with van der Waals surface area (Å²) in [6.07, 6.45) is 0. The van der Waals surface area contributed by atoms with E-state index >= 15 is 0 Å². The molecule has 0 radical (unpaired) electrons. The van der Waals surface area contributed by atoms with Crippen molar-refractivity contribution in [3.05, 3.63) is 12.2 Å². The normalized spacial score (nSPS) is 10.1. The molecule has 0 saturated heterocycles. The minimum absolute atomic E-state index is 0. The van der Waals surface area contributed by atoms with Gasteiger partial charge in [0.1, 0.15) is 6.79 Å². The van der Waals surface area contributed by atoms with Gasteiger partial charge in [-0.1, -0.05) is 40.9 Å². The second-order valence-corrected chi connectivity index (χ2v) is 4.79. The number of hydrogen-bond donors (Lipinski definition) is 2. The molecule has 0 aromatic rings. The number of amides is 2. The van der Waals surface area contributed by atoms with E-state index in [-0.39, 0.29) is 51.7 Å². The molecule has 0 bridgehead atoms. The van der Waals surface area contributed by atoms with Gasteiger partial charge in [-0.25, -0.2) is 0 Å². The molecule has 1 atom stereocenters. The summed E-state index contributed by atoms with van der Waals surface area (Å²) in [5.41, 5.74) is 0.915. The first-order chi connectivity index (χ1) is 9.29. The van der Waals surface area contributed by atoms with Gasteiger partial charge in [0, 0.05) is 26.4 Å². The molecule has 0 aromatic carbocycles. The third-order valence-corrected chi connectivity index (χ3v) is 2.95. The van der Waals surface area contributed by atoms with Gasteiger partial charge in [-0.3, -0.25) is 9.59 Å². The van der Waals surface area contributed by atoms with Gasteiger partial charge in [0.15, 0.2) is 0 Å². The van der Waals surface area contributed by atoms with Crippen molar-refractivity contribution in [2.75, 3.05) is 26.7 Å². The third kappa shape index (κ3) is 12.1. The van der Waals surface area contributed by atoms with Gasteiger partial charge in [0.2, 0.25) is 11.8 Å². The number of carbonyl (C=O) groups is 3. The molecule has 0 aliphatic heterocycles. The summed E-state index contributed by atoms with van der Waals surface area (Å²) in [5.74, 6) is -0.270. The van der Waals surface area contributed by atoms with Crippen LogP contribution in [0.5, 0.6) is 0 Å². The Morgan fingerprint density at radius 3 is 2.00 bits per heavy atom. The first-order valence-corrected chi connectivity index (χ1v) is 6.36. The van der Waals surface area contributed by atoms with Crippen LogP contribution in [0.1, 0.15) is 35.6 Å². The fraction of sp³-hybridized carbons (Fsp3) is 0.688. The van der Waals surface area contributed by atoms with Gasteiger partial charge in [-0.2, -0.15) is 0 Å². The molecule has 0 fully saturated rings. The smallest absolute Gasteiger partial charge is 0.239 e. The van der Waals surface area contributed by atoms with Gasteiger partial charge in [0.05, 0.1) is 13.2 Å². The van der Waals surface area contributed by atoms with E-state index in [0.717, 1.165) is 5.57 Å². The lowest BCUT2D eigenvalue weighted by Gasteiger charge is -2.21. The molecule has 2 amide bonds. The summed E-state index contributed by atoms with van der Waals surface area (Å²) >= 11 is 0. The van der Waals surface area contributed by atoms with Crippen molar-refractivity contribution in [2.24, 2.45) is 11.8 Å². The molecule has 1 unspecified atom stereocenters. The largest absolute Gasteiger partial charge is 0.396 e. The fourth-order valence-corrected chi connectivity index (χ4v) is 1.40. The Labute approximate surface area is 135 Å². The van der Waals surface area contributed by atoms with Crippen molar-refractivity contribution < 1.29 is 19.5 Å². The zero-order valence-corrected chi connectivity index (χ0v) is 12.8. The van der Waals surface area contributed by atoms with Crippen LogP contribution in [0.4, 0.5) is 0 Å². The third-order valence-electron chi connectivity index (χ3n) is 2.95. The number of aliphatic hydroxyl groups excluding tert-OH is 1. The number of hydrogen-bond acceptors (Lipinski definition) is 4. The lowest BCUT2D eigenvalue weighted by Crippen LogP contribution is -2.40. The molecule has 2 N–H and O–H groups in total. The minimum Gasteiger partial charge on any atom is -0.396 e. The second-order valence-electron chi connectivity index (χ2n) is 4.79. The van der Waals surface area contributed by atoms with Crippen LogP contribution in [0.15, 0.2) is 12.2 Å². The first-order valence-electron chi connectivity index (χ1n) is 6.36. The highest BCUT2D eigenvalue weighted by atomic mass is 16.3. The van der Waals surface area contributed by atoms with Crippen LogP contribution in [0, 0.1) is 11.8 Å². The summed E-state index contributed by atoms with van der Waals surface area (Å²) in [7, 11) is 1.57. The van der Waals surface area contributed by atoms with E-state index in [4.69, 9.17) is 4.79 Å². The summed E-state index contributed by atoms with van der Waals surface area (Å²) in [6.45, 7) is 11.6. The number of rotatable bonds is 7. The Morgan fingerprint density at radius 2 is 1.68 bits per heavy atom. The molecule has 0 saturated carbocycles. The molecule has 6 heteroatoms. The summed E-state index contributed by atoms with van der Waals surface area (Å²) in [4.78, 5) is 31.9. The maximum absolute atomic E-state index is 11.6. The van der Waals surface area contributed by atoms with Crippen LogP contribution in [-0.2, 0) is 14.4 Å². The fourth-order valence-electron chi connectivity index (χ4n) is 1.40. The summed E-state index contributed by atoms with van der Waals surface area (Å²) < 4.78 is 0. The average molecular weight is 318 g/mol. The van der Waals surface area contributed by atoms with Crippen molar-refractivity contribution in [3.8, 4) is 0 Å². The number of nitrogens with zero attached hydrogens (tertiary/aromatic N) is 1. The number of carbonyl (C=O) groups excluding carboxylic acids is 3. The molecule has 0 spiro atoms. The van der Waals surface area contributed by atoms with Crippen molar-refractivity contribution in [1.82, 2.24) is 10.2 Å². The van der Waals surface area contributed by atoms with Crippen LogP contribution >= 0.6 is 0 Å². The molecule has 0 heterocycles. The molecule has 132 valence electrons. The summed E-state index contributed by atoms with van der Waals surface area (Å²) in [6, 6.07) is 0. The van der Waals surface area contributed by atoms with Gasteiger partial charge < -0.3 is 20.1 Å². The van der Waals surface area contributed by atoms with E-state index in [1.165, 1.54) is 11.8 Å². The molecule has 22 heavy (non-hydrogen) atoms. The van der Waals surface area contributed by atoms with Crippen molar-refractivity contribution in [2.45, 2.75) is 35.6 Å². The number of aliphatic hydroxyl groups is 1. The molecular weight excluding hydrogens is 284 g/mol. The van der Waals surface area contributed by atoms with Gasteiger partial charge in [-0.05, 0) is 5.92 Å². The Balaban J connectivity index is -0.000000387. The van der Waals surface area contributed by atoms with E-state index in [1.54, 1.807) is 7.05 Å². The van der Waals surface area contributed by atoms with E-state index in [9.17, 15) is 14.7 Å². The maximum atomic E-state index is 11.6. The van der Waals surface area contributed by atoms with E-state index < -0.39 is 0 Å². The lowest BCUT2D eigenvalue weighted by molar-refractivity contribution is -0.133. The Morgan fingerprint density at radius 1 is 1.23 bits per heavy atom.